The number of aryl methyl sites for hydroxylation is 1. The topological polar surface area (TPSA) is 71.1 Å². The molecule has 0 unspecified atom stereocenters. The van der Waals surface area contributed by atoms with Gasteiger partial charge in [-0.2, -0.15) is 0 Å². The standard InChI is InChI=1S/C17H19N3O2/c1-3-16(21)20-15-9-12(2)14(11-18-15)19-17(22)10-13-7-5-4-6-8-13/h4-9,11H,3,10H2,1-2H3,(H,19,22)(H,18,20,21). The molecule has 22 heavy (non-hydrogen) atoms. The van der Waals surface area contributed by atoms with Gasteiger partial charge in [-0.1, -0.05) is 37.3 Å². The Morgan fingerprint density at radius 3 is 2.45 bits per heavy atom. The van der Waals surface area contributed by atoms with Gasteiger partial charge in [0.25, 0.3) is 0 Å². The van der Waals surface area contributed by atoms with Gasteiger partial charge in [-0.05, 0) is 24.1 Å². The van der Waals surface area contributed by atoms with Gasteiger partial charge in [0.2, 0.25) is 11.8 Å². The van der Waals surface area contributed by atoms with Crippen LogP contribution < -0.4 is 10.6 Å². The molecular formula is C17H19N3O2. The van der Waals surface area contributed by atoms with E-state index >= 15 is 0 Å². The average Bonchev–Trinajstić information content (AvgIpc) is 2.51. The molecule has 2 N–H and O–H groups in total. The van der Waals surface area contributed by atoms with Gasteiger partial charge in [0.15, 0.2) is 0 Å². The van der Waals surface area contributed by atoms with Gasteiger partial charge >= 0.3 is 0 Å². The maximum atomic E-state index is 12.0. The Labute approximate surface area is 129 Å². The molecule has 0 saturated carbocycles. The van der Waals surface area contributed by atoms with Crippen molar-refractivity contribution in [2.75, 3.05) is 10.6 Å². The van der Waals surface area contributed by atoms with Gasteiger partial charge in [0.1, 0.15) is 5.82 Å². The smallest absolute Gasteiger partial charge is 0.228 e. The Morgan fingerprint density at radius 1 is 1.09 bits per heavy atom. The Bertz CT molecular complexity index is 669. The van der Waals surface area contributed by atoms with E-state index in [9.17, 15) is 9.59 Å². The van der Waals surface area contributed by atoms with Crippen LogP contribution in [0.2, 0.25) is 0 Å². The van der Waals surface area contributed by atoms with Gasteiger partial charge in [0, 0.05) is 6.42 Å². The molecule has 0 saturated heterocycles. The zero-order chi connectivity index (χ0) is 15.9. The predicted octanol–water partition coefficient (Wildman–Crippen LogP) is 2.92. The molecule has 1 aromatic carbocycles. The fraction of sp³-hybridized carbons (Fsp3) is 0.235. The Kier molecular flexibility index (Phi) is 5.25. The first-order valence-electron chi connectivity index (χ1n) is 7.18. The van der Waals surface area contributed by atoms with Crippen molar-refractivity contribution in [1.29, 1.82) is 0 Å². The first-order chi connectivity index (χ1) is 10.6. The molecule has 0 aliphatic heterocycles. The van der Waals surface area contributed by atoms with E-state index in [1.807, 2.05) is 37.3 Å². The zero-order valence-corrected chi connectivity index (χ0v) is 12.7. The lowest BCUT2D eigenvalue weighted by molar-refractivity contribution is -0.116. The molecule has 114 valence electrons. The molecule has 0 bridgehead atoms. The van der Waals surface area contributed by atoms with E-state index in [4.69, 9.17) is 0 Å². The van der Waals surface area contributed by atoms with Gasteiger partial charge in [-0.25, -0.2) is 4.98 Å². The summed E-state index contributed by atoms with van der Waals surface area (Å²) in [5.41, 5.74) is 2.45. The second-order valence-electron chi connectivity index (χ2n) is 5.00. The van der Waals surface area contributed by atoms with Crippen molar-refractivity contribution in [1.82, 2.24) is 4.98 Å². The number of nitrogens with one attached hydrogen (secondary N) is 2. The van der Waals surface area contributed by atoms with Crippen molar-refractivity contribution < 1.29 is 9.59 Å². The molecule has 1 heterocycles. The van der Waals surface area contributed by atoms with Crippen molar-refractivity contribution >= 4 is 23.3 Å². The van der Waals surface area contributed by atoms with E-state index in [1.54, 1.807) is 19.2 Å². The van der Waals surface area contributed by atoms with Gasteiger partial charge in [-0.15, -0.1) is 0 Å². The quantitative estimate of drug-likeness (QED) is 0.891. The second kappa shape index (κ2) is 7.36. The van der Waals surface area contributed by atoms with Crippen molar-refractivity contribution in [2.24, 2.45) is 0 Å². The van der Waals surface area contributed by atoms with E-state index in [2.05, 4.69) is 15.6 Å². The lowest BCUT2D eigenvalue weighted by Crippen LogP contribution is -2.16. The fourth-order valence-electron chi connectivity index (χ4n) is 1.96. The number of carbonyl (C=O) groups excluding carboxylic acids is 2. The highest BCUT2D eigenvalue weighted by atomic mass is 16.2. The molecule has 0 spiro atoms. The molecule has 0 fully saturated rings. The van der Waals surface area contributed by atoms with Crippen LogP contribution in [-0.4, -0.2) is 16.8 Å². The number of anilines is 2. The lowest BCUT2D eigenvalue weighted by atomic mass is 10.1. The Balaban J connectivity index is 2.00. The maximum Gasteiger partial charge on any atom is 0.228 e. The summed E-state index contributed by atoms with van der Waals surface area (Å²) in [4.78, 5) is 27.5. The summed E-state index contributed by atoms with van der Waals surface area (Å²) in [6.07, 6.45) is 2.27. The van der Waals surface area contributed by atoms with Gasteiger partial charge in [-0.3, -0.25) is 9.59 Å². The summed E-state index contributed by atoms with van der Waals surface area (Å²) in [6, 6.07) is 11.3. The molecule has 0 aliphatic rings. The normalized spacial score (nSPS) is 10.1. The minimum absolute atomic E-state index is 0.0900. The van der Waals surface area contributed by atoms with Crippen LogP contribution in [-0.2, 0) is 16.0 Å². The van der Waals surface area contributed by atoms with Crippen molar-refractivity contribution in [3.63, 3.8) is 0 Å². The molecule has 2 amide bonds. The Hall–Kier alpha value is -2.69. The summed E-state index contributed by atoms with van der Waals surface area (Å²) < 4.78 is 0. The van der Waals surface area contributed by atoms with Crippen LogP contribution >= 0.6 is 0 Å². The van der Waals surface area contributed by atoms with Crippen LogP contribution in [0, 0.1) is 6.92 Å². The van der Waals surface area contributed by atoms with Crippen LogP contribution in [0.3, 0.4) is 0 Å². The van der Waals surface area contributed by atoms with Crippen LogP contribution in [0.25, 0.3) is 0 Å². The number of nitrogens with zero attached hydrogens (tertiary/aromatic N) is 1. The number of carbonyl (C=O) groups is 2. The van der Waals surface area contributed by atoms with E-state index in [1.165, 1.54) is 0 Å². The number of rotatable bonds is 5. The highest BCUT2D eigenvalue weighted by Gasteiger charge is 2.08. The summed E-state index contributed by atoms with van der Waals surface area (Å²) in [5, 5.41) is 5.53. The highest BCUT2D eigenvalue weighted by Crippen LogP contribution is 2.17. The number of aromatic nitrogens is 1. The van der Waals surface area contributed by atoms with Crippen LogP contribution in [0.4, 0.5) is 11.5 Å². The third-order valence-electron chi connectivity index (χ3n) is 3.18. The molecule has 5 nitrogen and oxygen atoms in total. The lowest BCUT2D eigenvalue weighted by Gasteiger charge is -2.10. The summed E-state index contributed by atoms with van der Waals surface area (Å²) >= 11 is 0. The fourth-order valence-corrected chi connectivity index (χ4v) is 1.96. The van der Waals surface area contributed by atoms with E-state index in [-0.39, 0.29) is 11.8 Å². The molecule has 0 radical (unpaired) electrons. The molecule has 2 aromatic rings. The average molecular weight is 297 g/mol. The number of hydrogen-bond acceptors (Lipinski definition) is 3. The van der Waals surface area contributed by atoms with Gasteiger partial charge in [0.05, 0.1) is 18.3 Å². The second-order valence-corrected chi connectivity index (χ2v) is 5.00. The van der Waals surface area contributed by atoms with Gasteiger partial charge < -0.3 is 10.6 Å². The zero-order valence-electron chi connectivity index (χ0n) is 12.7. The monoisotopic (exact) mass is 297 g/mol. The molecule has 5 heteroatoms. The molecule has 1 aromatic heterocycles. The maximum absolute atomic E-state index is 12.0. The number of amides is 2. The third kappa shape index (κ3) is 4.41. The predicted molar refractivity (Wildman–Crippen MR) is 86.7 cm³/mol. The molecule has 0 aliphatic carbocycles. The van der Waals surface area contributed by atoms with Crippen LogP contribution in [0.1, 0.15) is 24.5 Å². The minimum atomic E-state index is -0.0959. The van der Waals surface area contributed by atoms with E-state index < -0.39 is 0 Å². The van der Waals surface area contributed by atoms with Crippen LogP contribution in [0.5, 0.6) is 0 Å². The van der Waals surface area contributed by atoms with Crippen molar-refractivity contribution in [3.8, 4) is 0 Å². The third-order valence-corrected chi connectivity index (χ3v) is 3.18. The molecular weight excluding hydrogens is 278 g/mol. The van der Waals surface area contributed by atoms with Crippen molar-refractivity contribution in [3.05, 3.63) is 53.7 Å². The molecule has 0 atom stereocenters. The summed E-state index contributed by atoms with van der Waals surface area (Å²) in [5.74, 6) is 0.305. The number of benzene rings is 1. The SMILES string of the molecule is CCC(=O)Nc1cc(C)c(NC(=O)Cc2ccccc2)cn1. The summed E-state index contributed by atoms with van der Waals surface area (Å²) in [7, 11) is 0. The number of pyridine rings is 1. The van der Waals surface area contributed by atoms with Crippen molar-refractivity contribution in [2.45, 2.75) is 26.7 Å². The van der Waals surface area contributed by atoms with E-state index in [0.29, 0.717) is 24.3 Å². The minimum Gasteiger partial charge on any atom is -0.324 e. The van der Waals surface area contributed by atoms with E-state index in [0.717, 1.165) is 11.1 Å². The van der Waals surface area contributed by atoms with Crippen LogP contribution in [0.15, 0.2) is 42.6 Å². The largest absolute Gasteiger partial charge is 0.324 e. The molecule has 2 rings (SSSR count). The first kappa shape index (κ1) is 15.7. The highest BCUT2D eigenvalue weighted by molar-refractivity contribution is 5.93. The first-order valence-corrected chi connectivity index (χ1v) is 7.18. The Morgan fingerprint density at radius 2 is 1.82 bits per heavy atom. The summed E-state index contributed by atoms with van der Waals surface area (Å²) in [6.45, 7) is 3.64. The number of hydrogen-bond donors (Lipinski definition) is 2.